The van der Waals surface area contributed by atoms with Crippen LogP contribution >= 0.6 is 0 Å². The van der Waals surface area contributed by atoms with E-state index >= 15 is 0 Å². The first-order valence-corrected chi connectivity index (χ1v) is 7.44. The average Bonchev–Trinajstić information content (AvgIpc) is 2.76. The van der Waals surface area contributed by atoms with Crippen molar-refractivity contribution in [1.29, 1.82) is 0 Å². The van der Waals surface area contributed by atoms with E-state index in [-0.39, 0.29) is 0 Å². The maximum absolute atomic E-state index is 4.38. The molecular formula is C15H27N3. The topological polar surface area (TPSA) is 29.9 Å². The van der Waals surface area contributed by atoms with Crippen LogP contribution in [0.3, 0.4) is 0 Å². The first kappa shape index (κ1) is 13.6. The summed E-state index contributed by atoms with van der Waals surface area (Å²) in [5, 5.41) is 8.11. The Hall–Kier alpha value is -0.830. The van der Waals surface area contributed by atoms with E-state index in [0.29, 0.717) is 6.04 Å². The third kappa shape index (κ3) is 3.35. The molecule has 1 N–H and O–H groups in total. The van der Waals surface area contributed by atoms with E-state index in [4.69, 9.17) is 0 Å². The second-order valence-electron chi connectivity index (χ2n) is 5.93. The molecular weight excluding hydrogens is 222 g/mol. The van der Waals surface area contributed by atoms with Crippen molar-refractivity contribution in [3.05, 3.63) is 18.0 Å². The van der Waals surface area contributed by atoms with Crippen molar-refractivity contribution in [2.75, 3.05) is 0 Å². The van der Waals surface area contributed by atoms with Gasteiger partial charge >= 0.3 is 0 Å². The largest absolute Gasteiger partial charge is 0.308 e. The van der Waals surface area contributed by atoms with Crippen LogP contribution in [-0.4, -0.2) is 15.8 Å². The van der Waals surface area contributed by atoms with Gasteiger partial charge in [-0.2, -0.15) is 5.10 Å². The van der Waals surface area contributed by atoms with Gasteiger partial charge in [0.05, 0.1) is 5.69 Å². The van der Waals surface area contributed by atoms with Gasteiger partial charge in [0, 0.05) is 25.3 Å². The molecule has 0 saturated heterocycles. The van der Waals surface area contributed by atoms with Crippen molar-refractivity contribution in [1.82, 2.24) is 15.1 Å². The van der Waals surface area contributed by atoms with Gasteiger partial charge in [-0.15, -0.1) is 0 Å². The Morgan fingerprint density at radius 2 is 2.22 bits per heavy atom. The molecule has 1 heterocycles. The molecule has 18 heavy (non-hydrogen) atoms. The molecule has 0 aliphatic heterocycles. The second-order valence-corrected chi connectivity index (χ2v) is 5.93. The van der Waals surface area contributed by atoms with Crippen LogP contribution in [0.1, 0.15) is 52.1 Å². The Morgan fingerprint density at radius 1 is 1.39 bits per heavy atom. The number of nitrogens with zero attached hydrogens (tertiary/aromatic N) is 2. The summed E-state index contributed by atoms with van der Waals surface area (Å²) in [7, 11) is 0. The van der Waals surface area contributed by atoms with Crippen molar-refractivity contribution in [2.24, 2.45) is 11.8 Å². The molecule has 1 aromatic rings. The third-order valence-electron chi connectivity index (χ3n) is 4.22. The maximum atomic E-state index is 4.38. The van der Waals surface area contributed by atoms with Gasteiger partial charge in [0.2, 0.25) is 0 Å². The SMILES string of the molecule is CCCn1nccc1CNC1CCC(C)CC1C. The zero-order chi connectivity index (χ0) is 13.0. The molecule has 102 valence electrons. The third-order valence-corrected chi connectivity index (χ3v) is 4.22. The number of nitrogens with one attached hydrogen (secondary N) is 1. The quantitative estimate of drug-likeness (QED) is 0.868. The molecule has 1 aliphatic carbocycles. The predicted molar refractivity (Wildman–Crippen MR) is 75.3 cm³/mol. The first-order chi connectivity index (χ1) is 8.70. The highest BCUT2D eigenvalue weighted by Crippen LogP contribution is 2.28. The van der Waals surface area contributed by atoms with Gasteiger partial charge in [-0.1, -0.05) is 20.8 Å². The predicted octanol–water partition coefficient (Wildman–Crippen LogP) is 3.21. The number of aryl methyl sites for hydroxylation is 1. The van der Waals surface area contributed by atoms with Crippen LogP contribution in [0.15, 0.2) is 12.3 Å². The highest BCUT2D eigenvalue weighted by Gasteiger charge is 2.24. The number of hydrogen-bond donors (Lipinski definition) is 1. The summed E-state index contributed by atoms with van der Waals surface area (Å²) in [5.41, 5.74) is 1.32. The summed E-state index contributed by atoms with van der Waals surface area (Å²) in [5.74, 6) is 1.71. The fourth-order valence-electron chi connectivity index (χ4n) is 3.13. The molecule has 1 aliphatic rings. The molecule has 2 rings (SSSR count). The first-order valence-electron chi connectivity index (χ1n) is 7.44. The lowest BCUT2D eigenvalue weighted by atomic mass is 9.80. The summed E-state index contributed by atoms with van der Waals surface area (Å²) >= 11 is 0. The van der Waals surface area contributed by atoms with Gasteiger partial charge in [0.25, 0.3) is 0 Å². The fraction of sp³-hybridized carbons (Fsp3) is 0.800. The Labute approximate surface area is 111 Å². The zero-order valence-corrected chi connectivity index (χ0v) is 12.0. The number of hydrogen-bond acceptors (Lipinski definition) is 2. The molecule has 0 radical (unpaired) electrons. The van der Waals surface area contributed by atoms with E-state index in [0.717, 1.165) is 31.3 Å². The summed E-state index contributed by atoms with van der Waals surface area (Å²) < 4.78 is 2.13. The summed E-state index contributed by atoms with van der Waals surface area (Å²) in [4.78, 5) is 0. The van der Waals surface area contributed by atoms with E-state index in [1.807, 2.05) is 6.20 Å². The average molecular weight is 249 g/mol. The molecule has 0 aromatic carbocycles. The van der Waals surface area contributed by atoms with Gasteiger partial charge < -0.3 is 5.32 Å². The van der Waals surface area contributed by atoms with Crippen molar-refractivity contribution in [3.63, 3.8) is 0 Å². The molecule has 3 nitrogen and oxygen atoms in total. The Bertz CT molecular complexity index is 358. The van der Waals surface area contributed by atoms with Gasteiger partial charge in [-0.25, -0.2) is 0 Å². The van der Waals surface area contributed by atoms with Crippen molar-refractivity contribution in [3.8, 4) is 0 Å². The summed E-state index contributed by atoms with van der Waals surface area (Å²) in [6.45, 7) is 8.95. The van der Waals surface area contributed by atoms with Gasteiger partial charge in [0.1, 0.15) is 0 Å². The van der Waals surface area contributed by atoms with E-state index < -0.39 is 0 Å². The van der Waals surface area contributed by atoms with Crippen LogP contribution in [-0.2, 0) is 13.1 Å². The van der Waals surface area contributed by atoms with Crippen LogP contribution in [0.2, 0.25) is 0 Å². The highest BCUT2D eigenvalue weighted by molar-refractivity contribution is 5.00. The lowest BCUT2D eigenvalue weighted by molar-refractivity contribution is 0.226. The highest BCUT2D eigenvalue weighted by atomic mass is 15.3. The van der Waals surface area contributed by atoms with Crippen molar-refractivity contribution < 1.29 is 0 Å². The molecule has 3 unspecified atom stereocenters. The molecule has 1 aromatic heterocycles. The van der Waals surface area contributed by atoms with Crippen molar-refractivity contribution in [2.45, 2.75) is 65.6 Å². The second kappa shape index (κ2) is 6.37. The molecule has 0 bridgehead atoms. The van der Waals surface area contributed by atoms with E-state index in [9.17, 15) is 0 Å². The fourth-order valence-corrected chi connectivity index (χ4v) is 3.13. The molecule has 1 saturated carbocycles. The Balaban J connectivity index is 1.85. The van der Waals surface area contributed by atoms with Crippen LogP contribution in [0.4, 0.5) is 0 Å². The Morgan fingerprint density at radius 3 is 2.94 bits per heavy atom. The Kier molecular flexibility index (Phi) is 4.81. The molecule has 0 amide bonds. The number of aromatic nitrogens is 2. The van der Waals surface area contributed by atoms with Crippen LogP contribution in [0, 0.1) is 11.8 Å². The van der Waals surface area contributed by atoms with E-state index in [1.165, 1.54) is 25.0 Å². The minimum absolute atomic E-state index is 0.686. The van der Waals surface area contributed by atoms with E-state index in [1.54, 1.807) is 0 Å². The van der Waals surface area contributed by atoms with Crippen LogP contribution in [0.25, 0.3) is 0 Å². The van der Waals surface area contributed by atoms with E-state index in [2.05, 4.69) is 41.9 Å². The molecule has 3 heteroatoms. The normalized spacial score (nSPS) is 28.5. The van der Waals surface area contributed by atoms with Gasteiger partial charge in [-0.05, 0) is 43.6 Å². The van der Waals surface area contributed by atoms with Crippen LogP contribution < -0.4 is 5.32 Å². The smallest absolute Gasteiger partial charge is 0.0522 e. The molecule has 3 atom stereocenters. The standard InChI is InChI=1S/C15H27N3/c1-4-9-18-14(7-8-17-18)11-16-15-6-5-12(2)10-13(15)3/h7-8,12-13,15-16H,4-6,9-11H2,1-3H3. The van der Waals surface area contributed by atoms with Crippen LogP contribution in [0.5, 0.6) is 0 Å². The number of rotatable bonds is 5. The summed E-state index contributed by atoms with van der Waals surface area (Å²) in [6, 6.07) is 2.82. The lowest BCUT2D eigenvalue weighted by Crippen LogP contribution is -2.39. The monoisotopic (exact) mass is 249 g/mol. The van der Waals surface area contributed by atoms with Gasteiger partial charge in [-0.3, -0.25) is 4.68 Å². The zero-order valence-electron chi connectivity index (χ0n) is 12.0. The maximum Gasteiger partial charge on any atom is 0.0522 e. The molecule has 1 fully saturated rings. The van der Waals surface area contributed by atoms with Gasteiger partial charge in [0.15, 0.2) is 0 Å². The molecule has 0 spiro atoms. The summed E-state index contributed by atoms with van der Waals surface area (Å²) in [6.07, 6.45) is 7.12. The minimum atomic E-state index is 0.686. The minimum Gasteiger partial charge on any atom is -0.308 e. The lowest BCUT2D eigenvalue weighted by Gasteiger charge is -2.33. The van der Waals surface area contributed by atoms with Crippen molar-refractivity contribution >= 4 is 0 Å².